The number of nitrogens with zero attached hydrogens (tertiary/aromatic N) is 2. The fourth-order valence-corrected chi connectivity index (χ4v) is 7.48. The number of carbonyl (C=O) groups excluding carboxylic acids is 2. The van der Waals surface area contributed by atoms with Gasteiger partial charge in [-0.2, -0.15) is 31.3 Å². The summed E-state index contributed by atoms with van der Waals surface area (Å²) in [7, 11) is -3.63. The highest BCUT2D eigenvalue weighted by Gasteiger charge is 2.50. The molecule has 8 nitrogen and oxygen atoms in total. The first-order valence-corrected chi connectivity index (χ1v) is 13.0. The molecule has 2 aliphatic rings. The molecule has 16 heteroatoms. The minimum atomic E-state index is -5.13. The van der Waals surface area contributed by atoms with Gasteiger partial charge in [-0.15, -0.1) is 0 Å². The number of benzene rings is 1. The summed E-state index contributed by atoms with van der Waals surface area (Å²) in [6.07, 6.45) is -11.2. The zero-order valence-corrected chi connectivity index (χ0v) is 20.7. The molecule has 2 fully saturated rings. The summed E-state index contributed by atoms with van der Waals surface area (Å²) in [4.78, 5) is 28.8. The highest BCUT2D eigenvalue weighted by molar-refractivity contribution is 8.16. The Hall–Kier alpha value is -2.49. The third kappa shape index (κ3) is 6.83. The molecule has 200 valence electrons. The van der Waals surface area contributed by atoms with E-state index < -0.39 is 85.9 Å². The van der Waals surface area contributed by atoms with E-state index in [2.05, 4.69) is 10.3 Å². The number of carbonyl (C=O) groups is 2. The summed E-state index contributed by atoms with van der Waals surface area (Å²) < 4.78 is 110. The lowest BCUT2D eigenvalue weighted by Gasteiger charge is -2.26. The highest BCUT2D eigenvalue weighted by atomic mass is 32.2. The zero-order chi connectivity index (χ0) is 27.3. The lowest BCUT2D eigenvalue weighted by molar-refractivity contribution is -0.143. The lowest BCUT2D eigenvalue weighted by Crippen LogP contribution is -2.39. The number of rotatable bonds is 3. The average molecular weight is 562 g/mol. The molecule has 3 rings (SSSR count). The molecule has 2 atom stereocenters. The Morgan fingerprint density at radius 3 is 2.11 bits per heavy atom. The molecule has 1 aromatic rings. The van der Waals surface area contributed by atoms with E-state index in [0.717, 1.165) is 16.7 Å². The number of ether oxygens (including phenoxy) is 1. The summed E-state index contributed by atoms with van der Waals surface area (Å²) >= 11 is 0.755. The molecular formula is C20H21F6N3O5S2. The molecule has 0 bridgehead atoms. The number of amides is 2. The SMILES string of the molecule is CC(C)(C)OC(=O)NCC(=O)N=C1S[C@@H]2CS(=O)(=O)C[C@H]2N1c1cc(C(F)(F)F)cc(C(F)(F)F)c1. The number of anilines is 1. The number of fused-ring (bicyclic) bond motifs is 1. The molecule has 2 amide bonds. The molecule has 2 aliphatic heterocycles. The van der Waals surface area contributed by atoms with Crippen LogP contribution in [0.1, 0.15) is 31.9 Å². The van der Waals surface area contributed by atoms with Gasteiger partial charge in [-0.1, -0.05) is 11.8 Å². The maximum Gasteiger partial charge on any atom is 0.416 e. The molecule has 0 aliphatic carbocycles. The van der Waals surface area contributed by atoms with E-state index in [0.29, 0.717) is 12.1 Å². The first-order chi connectivity index (χ1) is 16.2. The molecule has 0 radical (unpaired) electrons. The van der Waals surface area contributed by atoms with Crippen LogP contribution in [0, 0.1) is 0 Å². The first kappa shape index (κ1) is 28.1. The summed E-state index contributed by atoms with van der Waals surface area (Å²) in [5, 5.41) is 1.10. The Bertz CT molecular complexity index is 1160. The van der Waals surface area contributed by atoms with E-state index in [1.54, 1.807) is 20.8 Å². The van der Waals surface area contributed by atoms with E-state index in [4.69, 9.17) is 4.74 Å². The molecule has 1 N–H and O–H groups in total. The second-order valence-electron chi connectivity index (χ2n) is 9.08. The van der Waals surface area contributed by atoms with Crippen molar-refractivity contribution >= 4 is 44.5 Å². The Kier molecular flexibility index (Phi) is 7.36. The Balaban J connectivity index is 1.99. The fraction of sp³-hybridized carbons (Fsp3) is 0.550. The third-order valence-electron chi connectivity index (χ3n) is 4.92. The smallest absolute Gasteiger partial charge is 0.416 e. The van der Waals surface area contributed by atoms with Crippen molar-refractivity contribution in [3.05, 3.63) is 29.3 Å². The van der Waals surface area contributed by atoms with Crippen LogP contribution in [0.4, 0.5) is 36.8 Å². The number of nitrogens with one attached hydrogen (secondary N) is 1. The minimum Gasteiger partial charge on any atom is -0.444 e. The Labute approximate surface area is 206 Å². The maximum absolute atomic E-state index is 13.4. The van der Waals surface area contributed by atoms with Crippen molar-refractivity contribution in [2.75, 3.05) is 23.0 Å². The molecule has 0 aromatic heterocycles. The molecular weight excluding hydrogens is 540 g/mol. The number of alkyl halides is 6. The van der Waals surface area contributed by atoms with Crippen molar-refractivity contribution < 1.29 is 49.1 Å². The van der Waals surface area contributed by atoms with E-state index in [1.165, 1.54) is 0 Å². The van der Waals surface area contributed by atoms with Crippen molar-refractivity contribution in [1.82, 2.24) is 5.32 Å². The van der Waals surface area contributed by atoms with Crippen molar-refractivity contribution in [2.45, 2.75) is 50.0 Å². The topological polar surface area (TPSA) is 105 Å². The van der Waals surface area contributed by atoms with Crippen molar-refractivity contribution in [3.8, 4) is 0 Å². The molecule has 2 saturated heterocycles. The zero-order valence-electron chi connectivity index (χ0n) is 19.0. The second-order valence-corrected chi connectivity index (χ2v) is 12.4. The number of halogens is 6. The van der Waals surface area contributed by atoms with Crippen LogP contribution in [0.15, 0.2) is 23.2 Å². The van der Waals surface area contributed by atoms with Crippen LogP contribution in [0.2, 0.25) is 0 Å². The molecule has 0 unspecified atom stereocenters. The van der Waals surface area contributed by atoms with Gasteiger partial charge >= 0.3 is 18.4 Å². The standard InChI is InChI=1S/C20H21F6N3O5S2/c1-18(2,3)34-17(31)27-7-15(30)28-16-29(13-8-36(32,33)9-14(13)35-16)12-5-10(19(21,22)23)4-11(6-12)20(24,25)26/h4-6,13-14H,7-9H2,1-3H3,(H,27,31)/t13-,14-/m1/s1. The summed E-state index contributed by atoms with van der Waals surface area (Å²) in [6, 6.07) is -0.207. The van der Waals surface area contributed by atoms with Gasteiger partial charge in [0, 0.05) is 10.9 Å². The number of thioether (sulfide) groups is 1. The van der Waals surface area contributed by atoms with Gasteiger partial charge in [0.2, 0.25) is 0 Å². The number of alkyl carbamates (subject to hydrolysis) is 1. The quantitative estimate of drug-likeness (QED) is 0.559. The average Bonchev–Trinajstić information content (AvgIpc) is 3.14. The lowest BCUT2D eigenvalue weighted by atomic mass is 10.1. The highest BCUT2D eigenvalue weighted by Crippen LogP contribution is 2.44. The van der Waals surface area contributed by atoms with Gasteiger partial charge in [0.25, 0.3) is 5.91 Å². The van der Waals surface area contributed by atoms with Gasteiger partial charge in [-0.05, 0) is 39.0 Å². The van der Waals surface area contributed by atoms with Gasteiger partial charge in [0.15, 0.2) is 15.0 Å². The summed E-state index contributed by atoms with van der Waals surface area (Å²) in [5.74, 6) is -1.92. The maximum atomic E-state index is 13.4. The van der Waals surface area contributed by atoms with Crippen molar-refractivity contribution in [3.63, 3.8) is 0 Å². The van der Waals surface area contributed by atoms with E-state index >= 15 is 0 Å². The van der Waals surface area contributed by atoms with Gasteiger partial charge in [0.05, 0.1) is 28.7 Å². The largest absolute Gasteiger partial charge is 0.444 e. The summed E-state index contributed by atoms with van der Waals surface area (Å²) in [5.41, 5.74) is -4.67. The van der Waals surface area contributed by atoms with Crippen molar-refractivity contribution in [1.29, 1.82) is 0 Å². The van der Waals surface area contributed by atoms with Crippen LogP contribution in [0.25, 0.3) is 0 Å². The number of sulfone groups is 1. The summed E-state index contributed by atoms with van der Waals surface area (Å²) in [6.45, 7) is 4.08. The van der Waals surface area contributed by atoms with Crippen LogP contribution in [0.5, 0.6) is 0 Å². The Morgan fingerprint density at radius 2 is 1.61 bits per heavy atom. The van der Waals surface area contributed by atoms with Gasteiger partial charge < -0.3 is 15.0 Å². The Morgan fingerprint density at radius 1 is 1.06 bits per heavy atom. The van der Waals surface area contributed by atoms with Gasteiger partial charge in [-0.3, -0.25) is 4.79 Å². The van der Waals surface area contributed by atoms with Crippen LogP contribution in [-0.4, -0.2) is 60.5 Å². The normalized spacial score (nSPS) is 23.0. The number of amidine groups is 1. The van der Waals surface area contributed by atoms with Crippen LogP contribution >= 0.6 is 11.8 Å². The minimum absolute atomic E-state index is 0.0533. The second kappa shape index (κ2) is 9.43. The molecule has 36 heavy (non-hydrogen) atoms. The van der Waals surface area contributed by atoms with E-state index in [1.807, 2.05) is 0 Å². The van der Waals surface area contributed by atoms with E-state index in [9.17, 15) is 44.3 Å². The fourth-order valence-electron chi connectivity index (χ4n) is 3.55. The van der Waals surface area contributed by atoms with Gasteiger partial charge in [-0.25, -0.2) is 13.2 Å². The van der Waals surface area contributed by atoms with E-state index in [-0.39, 0.29) is 11.2 Å². The molecule has 0 saturated carbocycles. The van der Waals surface area contributed by atoms with Crippen LogP contribution < -0.4 is 10.2 Å². The first-order valence-electron chi connectivity index (χ1n) is 10.3. The number of hydrogen-bond acceptors (Lipinski definition) is 6. The predicted octanol–water partition coefficient (Wildman–Crippen LogP) is 3.85. The molecule has 2 heterocycles. The third-order valence-corrected chi connectivity index (χ3v) is 8.13. The predicted molar refractivity (Wildman–Crippen MR) is 119 cm³/mol. The monoisotopic (exact) mass is 561 g/mol. The molecule has 1 aromatic carbocycles. The van der Waals surface area contributed by atoms with Gasteiger partial charge in [0.1, 0.15) is 12.1 Å². The van der Waals surface area contributed by atoms with Crippen molar-refractivity contribution in [2.24, 2.45) is 4.99 Å². The van der Waals surface area contributed by atoms with Crippen LogP contribution in [-0.2, 0) is 31.7 Å². The number of hydrogen-bond donors (Lipinski definition) is 1. The van der Waals surface area contributed by atoms with Crippen LogP contribution in [0.3, 0.4) is 0 Å². The molecule has 0 spiro atoms. The number of aliphatic imine (C=N–C) groups is 1.